The molecular formula is C24H34IN5O2. The lowest BCUT2D eigenvalue weighted by atomic mass is 10.1. The summed E-state index contributed by atoms with van der Waals surface area (Å²) in [7, 11) is 0. The molecule has 0 atom stereocenters. The van der Waals surface area contributed by atoms with E-state index in [9.17, 15) is 4.79 Å². The van der Waals surface area contributed by atoms with Crippen LogP contribution in [0.25, 0.3) is 0 Å². The number of para-hydroxylation sites is 1. The number of aliphatic imine (C=N–C) groups is 1. The molecule has 0 radical (unpaired) electrons. The van der Waals surface area contributed by atoms with Crippen molar-refractivity contribution in [3.05, 3.63) is 59.7 Å². The largest absolute Gasteiger partial charge is 0.457 e. The molecular weight excluding hydrogens is 517 g/mol. The summed E-state index contributed by atoms with van der Waals surface area (Å²) in [6.07, 6.45) is 1.90. The van der Waals surface area contributed by atoms with Gasteiger partial charge in [0.05, 0.1) is 13.1 Å². The number of piperidine rings is 1. The average molecular weight is 551 g/mol. The average Bonchev–Trinajstić information content (AvgIpc) is 2.76. The van der Waals surface area contributed by atoms with Crippen LogP contribution in [0.4, 0.5) is 0 Å². The SMILES string of the molecule is CCNC(=NCc1ccccc1Oc1ccc(C)cc1)NC1CCN(CC(N)=O)CC1.I. The molecule has 1 heterocycles. The lowest BCUT2D eigenvalue weighted by Crippen LogP contribution is -2.49. The molecule has 1 aliphatic heterocycles. The van der Waals surface area contributed by atoms with E-state index < -0.39 is 0 Å². The fraction of sp³-hybridized carbons (Fsp3) is 0.417. The molecule has 0 aliphatic carbocycles. The predicted octanol–water partition coefficient (Wildman–Crippen LogP) is 3.41. The summed E-state index contributed by atoms with van der Waals surface area (Å²) in [4.78, 5) is 18.0. The lowest BCUT2D eigenvalue weighted by Gasteiger charge is -2.32. The number of carbonyl (C=O) groups excluding carboxylic acids is 1. The molecule has 0 bridgehead atoms. The number of amides is 1. The Hall–Kier alpha value is -2.33. The summed E-state index contributed by atoms with van der Waals surface area (Å²) in [5.41, 5.74) is 7.53. The molecule has 174 valence electrons. The van der Waals surface area contributed by atoms with Crippen molar-refractivity contribution in [1.29, 1.82) is 0 Å². The van der Waals surface area contributed by atoms with Crippen LogP contribution in [0, 0.1) is 6.92 Å². The predicted molar refractivity (Wildman–Crippen MR) is 140 cm³/mol. The Morgan fingerprint density at radius 3 is 2.50 bits per heavy atom. The molecule has 0 aromatic heterocycles. The van der Waals surface area contributed by atoms with E-state index in [4.69, 9.17) is 15.5 Å². The maximum Gasteiger partial charge on any atom is 0.231 e. The summed E-state index contributed by atoms with van der Waals surface area (Å²) >= 11 is 0. The molecule has 0 saturated carbocycles. The van der Waals surface area contributed by atoms with Crippen molar-refractivity contribution in [2.75, 3.05) is 26.2 Å². The van der Waals surface area contributed by atoms with Gasteiger partial charge >= 0.3 is 0 Å². The molecule has 0 unspecified atom stereocenters. The molecule has 2 aromatic rings. The van der Waals surface area contributed by atoms with Gasteiger partial charge in [0.15, 0.2) is 5.96 Å². The third kappa shape index (κ3) is 8.31. The van der Waals surface area contributed by atoms with E-state index in [2.05, 4.69) is 29.4 Å². The standard InChI is InChI=1S/C24H33N5O2.HI/c1-3-26-24(28-20-12-14-29(15-13-20)17-23(25)30)27-16-19-6-4-5-7-22(19)31-21-10-8-18(2)9-11-21;/h4-11,20H,3,12-17H2,1-2H3,(H2,25,30)(H2,26,27,28);1H. The van der Waals surface area contributed by atoms with E-state index in [1.165, 1.54) is 5.56 Å². The summed E-state index contributed by atoms with van der Waals surface area (Å²) in [6, 6.07) is 16.3. The molecule has 32 heavy (non-hydrogen) atoms. The molecule has 1 aliphatic rings. The number of guanidine groups is 1. The van der Waals surface area contributed by atoms with Crippen molar-refractivity contribution < 1.29 is 9.53 Å². The number of aryl methyl sites for hydroxylation is 1. The van der Waals surface area contributed by atoms with Crippen LogP contribution in [-0.2, 0) is 11.3 Å². The smallest absolute Gasteiger partial charge is 0.231 e. The number of carbonyl (C=O) groups is 1. The van der Waals surface area contributed by atoms with Crippen LogP contribution >= 0.6 is 24.0 Å². The Morgan fingerprint density at radius 1 is 1.16 bits per heavy atom. The molecule has 1 fully saturated rings. The highest BCUT2D eigenvalue weighted by atomic mass is 127. The van der Waals surface area contributed by atoms with Gasteiger partial charge in [-0.1, -0.05) is 35.9 Å². The van der Waals surface area contributed by atoms with Crippen molar-refractivity contribution in [3.8, 4) is 11.5 Å². The van der Waals surface area contributed by atoms with Gasteiger partial charge in [0.25, 0.3) is 0 Å². The van der Waals surface area contributed by atoms with E-state index in [0.717, 1.165) is 55.5 Å². The molecule has 4 N–H and O–H groups in total. The van der Waals surface area contributed by atoms with Gasteiger partial charge in [-0.25, -0.2) is 4.99 Å². The van der Waals surface area contributed by atoms with Gasteiger partial charge in [0, 0.05) is 31.2 Å². The number of hydrogen-bond acceptors (Lipinski definition) is 4. The van der Waals surface area contributed by atoms with Crippen LogP contribution in [0.2, 0.25) is 0 Å². The zero-order valence-electron chi connectivity index (χ0n) is 18.8. The Bertz CT molecular complexity index is 880. The Labute approximate surface area is 207 Å². The first-order valence-electron chi connectivity index (χ1n) is 10.9. The highest BCUT2D eigenvalue weighted by Gasteiger charge is 2.20. The number of nitrogens with two attached hydrogens (primary N) is 1. The maximum absolute atomic E-state index is 11.1. The minimum Gasteiger partial charge on any atom is -0.457 e. The summed E-state index contributed by atoms with van der Waals surface area (Å²) < 4.78 is 6.10. The van der Waals surface area contributed by atoms with Gasteiger partial charge in [0.1, 0.15) is 11.5 Å². The van der Waals surface area contributed by atoms with E-state index in [1.54, 1.807) is 0 Å². The minimum atomic E-state index is -0.271. The second-order valence-corrected chi connectivity index (χ2v) is 7.88. The van der Waals surface area contributed by atoms with Crippen molar-refractivity contribution in [2.45, 2.75) is 39.3 Å². The zero-order valence-corrected chi connectivity index (χ0v) is 21.2. The first-order valence-corrected chi connectivity index (χ1v) is 10.9. The number of benzene rings is 2. The Kier molecular flexibility index (Phi) is 10.8. The zero-order chi connectivity index (χ0) is 22.1. The van der Waals surface area contributed by atoms with Gasteiger partial charge in [-0.15, -0.1) is 24.0 Å². The van der Waals surface area contributed by atoms with E-state index in [1.807, 2.05) is 48.5 Å². The number of primary amides is 1. The van der Waals surface area contributed by atoms with Crippen LogP contribution in [0.15, 0.2) is 53.5 Å². The number of ether oxygens (including phenoxy) is 1. The summed E-state index contributed by atoms with van der Waals surface area (Å²) in [5.74, 6) is 2.15. The minimum absolute atomic E-state index is 0. The first kappa shape index (κ1) is 25.9. The van der Waals surface area contributed by atoms with Gasteiger partial charge in [-0.2, -0.15) is 0 Å². The van der Waals surface area contributed by atoms with Crippen LogP contribution in [0.5, 0.6) is 11.5 Å². The van der Waals surface area contributed by atoms with Crippen molar-refractivity contribution in [3.63, 3.8) is 0 Å². The molecule has 8 heteroatoms. The number of rotatable bonds is 8. The van der Waals surface area contributed by atoms with Crippen LogP contribution in [0.3, 0.4) is 0 Å². The fourth-order valence-corrected chi connectivity index (χ4v) is 3.60. The van der Waals surface area contributed by atoms with Crippen LogP contribution < -0.4 is 21.1 Å². The van der Waals surface area contributed by atoms with Gasteiger partial charge in [0.2, 0.25) is 5.91 Å². The Balaban J connectivity index is 0.00000363. The van der Waals surface area contributed by atoms with Gasteiger partial charge in [-0.05, 0) is 44.9 Å². The number of hydrogen-bond donors (Lipinski definition) is 3. The summed E-state index contributed by atoms with van der Waals surface area (Å²) in [5, 5.41) is 6.86. The molecule has 1 saturated heterocycles. The van der Waals surface area contributed by atoms with Crippen molar-refractivity contribution in [2.24, 2.45) is 10.7 Å². The number of halogens is 1. The van der Waals surface area contributed by atoms with E-state index >= 15 is 0 Å². The van der Waals surface area contributed by atoms with Crippen LogP contribution in [-0.4, -0.2) is 49.0 Å². The highest BCUT2D eigenvalue weighted by Crippen LogP contribution is 2.26. The third-order valence-electron chi connectivity index (χ3n) is 5.28. The lowest BCUT2D eigenvalue weighted by molar-refractivity contribution is -0.119. The second-order valence-electron chi connectivity index (χ2n) is 7.88. The number of nitrogens with zero attached hydrogens (tertiary/aromatic N) is 2. The van der Waals surface area contributed by atoms with Crippen molar-refractivity contribution in [1.82, 2.24) is 15.5 Å². The van der Waals surface area contributed by atoms with Crippen molar-refractivity contribution >= 4 is 35.8 Å². The second kappa shape index (κ2) is 13.3. The molecule has 3 rings (SSSR count). The topological polar surface area (TPSA) is 92.0 Å². The van der Waals surface area contributed by atoms with Gasteiger partial charge in [-0.3, -0.25) is 9.69 Å². The molecule has 7 nitrogen and oxygen atoms in total. The fourth-order valence-electron chi connectivity index (χ4n) is 3.60. The highest BCUT2D eigenvalue weighted by molar-refractivity contribution is 14.0. The van der Waals surface area contributed by atoms with E-state index in [0.29, 0.717) is 19.1 Å². The molecule has 1 amide bonds. The molecule has 2 aromatic carbocycles. The van der Waals surface area contributed by atoms with E-state index in [-0.39, 0.29) is 29.9 Å². The Morgan fingerprint density at radius 2 is 1.84 bits per heavy atom. The number of likely N-dealkylation sites (tertiary alicyclic amines) is 1. The maximum atomic E-state index is 11.1. The summed E-state index contributed by atoms with van der Waals surface area (Å²) in [6.45, 7) is 7.45. The normalized spacial score (nSPS) is 15.0. The van der Waals surface area contributed by atoms with Crippen LogP contribution in [0.1, 0.15) is 30.9 Å². The van der Waals surface area contributed by atoms with Gasteiger partial charge < -0.3 is 21.1 Å². The third-order valence-corrected chi connectivity index (χ3v) is 5.28. The number of nitrogens with one attached hydrogen (secondary N) is 2. The quantitative estimate of drug-likeness (QED) is 0.266. The monoisotopic (exact) mass is 551 g/mol. The molecule has 0 spiro atoms. The first-order chi connectivity index (χ1) is 15.0.